The summed E-state index contributed by atoms with van der Waals surface area (Å²) in [5.41, 5.74) is 1.30. The summed E-state index contributed by atoms with van der Waals surface area (Å²) in [6.45, 7) is 6.31. The third-order valence-corrected chi connectivity index (χ3v) is 8.02. The van der Waals surface area contributed by atoms with Crippen molar-refractivity contribution < 1.29 is 23.1 Å². The van der Waals surface area contributed by atoms with Crippen LogP contribution in [0.2, 0.25) is 0 Å². The second-order valence-electron chi connectivity index (χ2n) is 9.19. The van der Waals surface area contributed by atoms with Gasteiger partial charge in [-0.2, -0.15) is 0 Å². The molecule has 1 atom stereocenters. The van der Waals surface area contributed by atoms with Gasteiger partial charge in [0.1, 0.15) is 0 Å². The molecule has 8 nitrogen and oxygen atoms in total. The van der Waals surface area contributed by atoms with E-state index in [1.54, 1.807) is 12.1 Å². The van der Waals surface area contributed by atoms with E-state index in [4.69, 9.17) is 0 Å². The highest BCUT2D eigenvalue weighted by Crippen LogP contribution is 2.30. The molecule has 2 heterocycles. The van der Waals surface area contributed by atoms with Crippen molar-refractivity contribution in [1.82, 2.24) is 4.90 Å². The molecule has 2 N–H and O–H groups in total. The summed E-state index contributed by atoms with van der Waals surface area (Å²) in [6.07, 6.45) is 4.63. The van der Waals surface area contributed by atoms with Gasteiger partial charge in [-0.05, 0) is 81.9 Å². The molecule has 0 amide bonds. The van der Waals surface area contributed by atoms with Gasteiger partial charge in [-0.3, -0.25) is 9.52 Å². The Morgan fingerprint density at radius 3 is 2.38 bits per heavy atom. The van der Waals surface area contributed by atoms with Gasteiger partial charge in [-0.15, -0.1) is 0 Å². The summed E-state index contributed by atoms with van der Waals surface area (Å²) in [4.78, 5) is 28.1. The molecule has 0 aromatic heterocycles. The van der Waals surface area contributed by atoms with E-state index >= 15 is 0 Å². The van der Waals surface area contributed by atoms with E-state index in [0.717, 1.165) is 45.6 Å². The van der Waals surface area contributed by atoms with Crippen LogP contribution in [0.1, 0.15) is 53.3 Å². The number of hydrogen-bond donors (Lipinski definition) is 2. The van der Waals surface area contributed by atoms with Crippen molar-refractivity contribution in [2.75, 3.05) is 42.3 Å². The predicted octanol–water partition coefficient (Wildman–Crippen LogP) is 3.70. The zero-order valence-corrected chi connectivity index (χ0v) is 20.2. The number of sulfonamides is 1. The SMILES string of the molecule is CC(=O)c1ccc(S(=O)(=O)Nc2ccc(N3CCC[C@@H](CN4CCCC4)C3)c(C(=O)O)c2)cc1. The van der Waals surface area contributed by atoms with Crippen LogP contribution in [-0.4, -0.2) is 62.9 Å². The number of hydrogen-bond acceptors (Lipinski definition) is 6. The van der Waals surface area contributed by atoms with Crippen LogP contribution in [-0.2, 0) is 10.0 Å². The van der Waals surface area contributed by atoms with Gasteiger partial charge in [0.05, 0.1) is 16.1 Å². The fraction of sp³-hybridized carbons (Fsp3) is 0.440. The molecule has 4 rings (SSSR count). The smallest absolute Gasteiger partial charge is 0.337 e. The Bertz CT molecular complexity index is 1160. The van der Waals surface area contributed by atoms with E-state index < -0.39 is 16.0 Å². The van der Waals surface area contributed by atoms with Crippen molar-refractivity contribution >= 4 is 33.2 Å². The second kappa shape index (κ2) is 10.1. The number of rotatable bonds is 8. The number of carbonyl (C=O) groups is 2. The molecular formula is C25H31N3O5S. The minimum absolute atomic E-state index is 0.000707. The van der Waals surface area contributed by atoms with Gasteiger partial charge >= 0.3 is 5.97 Å². The fourth-order valence-electron chi connectivity index (χ4n) is 4.89. The van der Waals surface area contributed by atoms with Crippen LogP contribution in [0.3, 0.4) is 0 Å². The Balaban J connectivity index is 1.52. The van der Waals surface area contributed by atoms with Crippen LogP contribution < -0.4 is 9.62 Å². The summed E-state index contributed by atoms with van der Waals surface area (Å²) in [5, 5.41) is 9.87. The highest BCUT2D eigenvalue weighted by molar-refractivity contribution is 7.92. The van der Waals surface area contributed by atoms with Crippen molar-refractivity contribution in [3.05, 3.63) is 53.6 Å². The Morgan fingerprint density at radius 1 is 1.03 bits per heavy atom. The van der Waals surface area contributed by atoms with Crippen molar-refractivity contribution in [1.29, 1.82) is 0 Å². The van der Waals surface area contributed by atoms with Gasteiger partial charge in [0.15, 0.2) is 5.78 Å². The Labute approximate surface area is 200 Å². The lowest BCUT2D eigenvalue weighted by atomic mass is 9.96. The van der Waals surface area contributed by atoms with E-state index in [-0.39, 0.29) is 21.9 Å². The first kappa shape index (κ1) is 24.2. The van der Waals surface area contributed by atoms with Crippen LogP contribution >= 0.6 is 0 Å². The lowest BCUT2D eigenvalue weighted by Gasteiger charge is -2.36. The quantitative estimate of drug-likeness (QED) is 0.549. The van der Waals surface area contributed by atoms with Crippen LogP contribution in [0.25, 0.3) is 0 Å². The van der Waals surface area contributed by atoms with E-state index in [1.165, 1.54) is 50.1 Å². The molecule has 182 valence electrons. The van der Waals surface area contributed by atoms with Crippen LogP contribution in [0, 0.1) is 5.92 Å². The fourth-order valence-corrected chi connectivity index (χ4v) is 5.94. The highest BCUT2D eigenvalue weighted by atomic mass is 32.2. The average Bonchev–Trinajstić information content (AvgIpc) is 3.32. The van der Waals surface area contributed by atoms with Gasteiger partial charge in [-0.25, -0.2) is 13.2 Å². The molecule has 2 saturated heterocycles. The first-order chi connectivity index (χ1) is 16.2. The summed E-state index contributed by atoms with van der Waals surface area (Å²) in [5.74, 6) is -0.757. The number of aromatic carboxylic acids is 1. The van der Waals surface area contributed by atoms with Crippen molar-refractivity contribution in [3.63, 3.8) is 0 Å². The molecule has 2 aromatic rings. The monoisotopic (exact) mass is 485 g/mol. The summed E-state index contributed by atoms with van der Waals surface area (Å²) >= 11 is 0. The molecule has 9 heteroatoms. The number of carboxylic acids is 1. The second-order valence-corrected chi connectivity index (χ2v) is 10.9. The number of ketones is 1. The number of anilines is 2. The Kier molecular flexibility index (Phi) is 7.23. The first-order valence-electron chi connectivity index (χ1n) is 11.7. The van der Waals surface area contributed by atoms with Gasteiger partial charge in [0.2, 0.25) is 0 Å². The van der Waals surface area contributed by atoms with Crippen LogP contribution in [0.5, 0.6) is 0 Å². The lowest BCUT2D eigenvalue weighted by molar-refractivity contribution is 0.0697. The zero-order chi connectivity index (χ0) is 24.3. The lowest BCUT2D eigenvalue weighted by Crippen LogP contribution is -2.41. The van der Waals surface area contributed by atoms with Crippen LogP contribution in [0.15, 0.2) is 47.4 Å². The predicted molar refractivity (Wildman–Crippen MR) is 131 cm³/mol. The molecule has 2 aliphatic rings. The summed E-state index contributed by atoms with van der Waals surface area (Å²) in [6, 6.07) is 10.3. The van der Waals surface area contributed by atoms with Crippen molar-refractivity contribution in [2.45, 2.75) is 37.5 Å². The number of benzene rings is 2. The third kappa shape index (κ3) is 5.59. The van der Waals surface area contributed by atoms with Crippen LogP contribution in [0.4, 0.5) is 11.4 Å². The first-order valence-corrected chi connectivity index (χ1v) is 13.2. The van der Waals surface area contributed by atoms with Crippen molar-refractivity contribution in [3.8, 4) is 0 Å². The van der Waals surface area contributed by atoms with Gasteiger partial charge < -0.3 is 14.9 Å². The maximum absolute atomic E-state index is 12.8. The molecule has 34 heavy (non-hydrogen) atoms. The number of carboxylic acid groups (broad SMARTS) is 1. The topological polar surface area (TPSA) is 107 Å². The standard InChI is InChI=1S/C25H31N3O5S/c1-18(29)20-6-9-22(10-7-20)34(32,33)26-21-8-11-24(23(15-21)25(30)31)28-14-4-5-19(17-28)16-27-12-2-3-13-27/h6-11,15,19,26H,2-5,12-14,16-17H2,1H3,(H,30,31)/t19-/m0/s1. The highest BCUT2D eigenvalue weighted by Gasteiger charge is 2.26. The minimum Gasteiger partial charge on any atom is -0.478 e. The Morgan fingerprint density at radius 2 is 1.74 bits per heavy atom. The Hall–Kier alpha value is -2.91. The molecule has 0 bridgehead atoms. The zero-order valence-electron chi connectivity index (χ0n) is 19.4. The van der Waals surface area contributed by atoms with Gasteiger partial charge in [-0.1, -0.05) is 12.1 Å². The van der Waals surface area contributed by atoms with Gasteiger partial charge in [0.25, 0.3) is 10.0 Å². The largest absolute Gasteiger partial charge is 0.478 e. The molecule has 0 saturated carbocycles. The number of nitrogens with one attached hydrogen (secondary N) is 1. The number of Topliss-reactive ketones (excluding diaryl/α,β-unsaturated/α-hetero) is 1. The molecule has 0 radical (unpaired) electrons. The molecular weight excluding hydrogens is 454 g/mol. The average molecular weight is 486 g/mol. The van der Waals surface area contributed by atoms with E-state index in [1.807, 2.05) is 0 Å². The number of carbonyl (C=O) groups excluding carboxylic acids is 1. The number of nitrogens with zero attached hydrogens (tertiary/aromatic N) is 2. The number of piperidine rings is 1. The third-order valence-electron chi connectivity index (χ3n) is 6.63. The molecule has 2 fully saturated rings. The molecule has 0 aliphatic carbocycles. The normalized spacial score (nSPS) is 19.2. The molecule has 2 aromatic carbocycles. The summed E-state index contributed by atoms with van der Waals surface area (Å²) in [7, 11) is -3.93. The van der Waals surface area contributed by atoms with Crippen molar-refractivity contribution in [2.24, 2.45) is 5.92 Å². The summed E-state index contributed by atoms with van der Waals surface area (Å²) < 4.78 is 28.1. The minimum atomic E-state index is -3.93. The maximum Gasteiger partial charge on any atom is 0.337 e. The van der Waals surface area contributed by atoms with E-state index in [9.17, 15) is 23.1 Å². The maximum atomic E-state index is 12.8. The molecule has 0 unspecified atom stereocenters. The van der Waals surface area contributed by atoms with E-state index in [2.05, 4.69) is 14.5 Å². The van der Waals surface area contributed by atoms with Gasteiger partial charge in [0, 0.05) is 30.9 Å². The number of likely N-dealkylation sites (tertiary alicyclic amines) is 1. The van der Waals surface area contributed by atoms with E-state index in [0.29, 0.717) is 17.2 Å². The molecule has 0 spiro atoms. The molecule has 2 aliphatic heterocycles.